The summed E-state index contributed by atoms with van der Waals surface area (Å²) in [7, 11) is 0. The minimum absolute atomic E-state index is 0.0780. The van der Waals surface area contributed by atoms with E-state index >= 15 is 0 Å². The molecule has 0 atom stereocenters. The number of H-pyrrole nitrogens is 1. The third-order valence-corrected chi connectivity index (χ3v) is 4.73. The number of hydrogen-bond donors (Lipinski definition) is 1. The molecule has 21 heavy (non-hydrogen) atoms. The Balaban J connectivity index is 1.70. The molecule has 0 aliphatic carbocycles. The molecule has 5 nitrogen and oxygen atoms in total. The highest BCUT2D eigenvalue weighted by Crippen LogP contribution is 2.20. The second kappa shape index (κ2) is 4.66. The maximum Gasteiger partial charge on any atom is 0.260 e. The van der Waals surface area contributed by atoms with Crippen LogP contribution in [0.2, 0.25) is 0 Å². The van der Waals surface area contributed by atoms with Crippen LogP contribution in [0.3, 0.4) is 0 Å². The van der Waals surface area contributed by atoms with Crippen molar-refractivity contribution in [2.24, 2.45) is 0 Å². The van der Waals surface area contributed by atoms with E-state index in [1.54, 1.807) is 0 Å². The molecule has 3 aromatic rings. The molecule has 106 valence electrons. The molecular formula is C15H14N4OS. The van der Waals surface area contributed by atoms with Crippen LogP contribution < -0.4 is 5.56 Å². The third kappa shape index (κ3) is 2.12. The van der Waals surface area contributed by atoms with Gasteiger partial charge in [0.05, 0.1) is 11.1 Å². The van der Waals surface area contributed by atoms with E-state index < -0.39 is 0 Å². The number of aromatic amines is 1. The number of aromatic nitrogens is 4. The van der Waals surface area contributed by atoms with Crippen LogP contribution in [0.1, 0.15) is 29.2 Å². The summed E-state index contributed by atoms with van der Waals surface area (Å²) in [6, 6.07) is 2.09. The first-order chi connectivity index (χ1) is 10.2. The fourth-order valence-electron chi connectivity index (χ4n) is 2.71. The molecule has 4 heterocycles. The number of hydrogen-bond acceptors (Lipinski definition) is 4. The topological polar surface area (TPSA) is 63.6 Å². The summed E-state index contributed by atoms with van der Waals surface area (Å²) in [5.41, 5.74) is 3.09. The van der Waals surface area contributed by atoms with Crippen molar-refractivity contribution in [3.63, 3.8) is 0 Å². The van der Waals surface area contributed by atoms with E-state index in [1.807, 2.05) is 29.1 Å². The van der Waals surface area contributed by atoms with E-state index in [-0.39, 0.29) is 5.56 Å². The van der Waals surface area contributed by atoms with Crippen LogP contribution in [0.5, 0.6) is 0 Å². The predicted molar refractivity (Wildman–Crippen MR) is 84.5 cm³/mol. The van der Waals surface area contributed by atoms with Crippen LogP contribution in [0.4, 0.5) is 0 Å². The average Bonchev–Trinajstić information content (AvgIpc) is 3.11. The Labute approximate surface area is 125 Å². The molecule has 0 radical (unpaired) electrons. The first-order valence-corrected chi connectivity index (χ1v) is 7.81. The smallest absolute Gasteiger partial charge is 0.260 e. The van der Waals surface area contributed by atoms with Crippen LogP contribution in [0.15, 0.2) is 16.2 Å². The van der Waals surface area contributed by atoms with Gasteiger partial charge in [0.25, 0.3) is 5.56 Å². The molecule has 0 bridgehead atoms. The van der Waals surface area contributed by atoms with Crippen molar-refractivity contribution in [3.8, 4) is 0 Å². The standard InChI is InChI=1S/C15H14N4OS/c1-9-8-21-15-13(9)14(20)16-12(17-15)5-4-10-7-11-3-2-6-19(11)18-10/h4-5,7-8H,2-3,6H2,1H3,(H,16,17,20)/b5-4+. The molecule has 0 aromatic carbocycles. The molecule has 0 amide bonds. The van der Waals surface area contributed by atoms with Crippen LogP contribution in [0.25, 0.3) is 22.4 Å². The fourth-order valence-corrected chi connectivity index (χ4v) is 3.64. The van der Waals surface area contributed by atoms with E-state index in [0.717, 1.165) is 29.1 Å². The van der Waals surface area contributed by atoms with E-state index in [1.165, 1.54) is 23.5 Å². The van der Waals surface area contributed by atoms with Crippen LogP contribution in [-0.2, 0) is 13.0 Å². The SMILES string of the molecule is Cc1csc2nc(/C=C/c3cc4n(n3)CCC4)[nH]c(=O)c12. The Bertz CT molecular complexity index is 894. The van der Waals surface area contributed by atoms with Crippen LogP contribution >= 0.6 is 11.3 Å². The lowest BCUT2D eigenvalue weighted by Gasteiger charge is -1.95. The van der Waals surface area contributed by atoms with Gasteiger partial charge in [-0.3, -0.25) is 9.48 Å². The van der Waals surface area contributed by atoms with Crippen molar-refractivity contribution in [3.05, 3.63) is 44.6 Å². The highest BCUT2D eigenvalue weighted by atomic mass is 32.1. The fraction of sp³-hybridized carbons (Fsp3) is 0.267. The highest BCUT2D eigenvalue weighted by molar-refractivity contribution is 7.16. The molecule has 0 unspecified atom stereocenters. The second-order valence-electron chi connectivity index (χ2n) is 5.27. The maximum atomic E-state index is 12.1. The largest absolute Gasteiger partial charge is 0.306 e. The third-order valence-electron chi connectivity index (χ3n) is 3.74. The van der Waals surface area contributed by atoms with Crippen molar-refractivity contribution < 1.29 is 0 Å². The zero-order chi connectivity index (χ0) is 14.4. The highest BCUT2D eigenvalue weighted by Gasteiger charge is 2.12. The summed E-state index contributed by atoms with van der Waals surface area (Å²) in [5.74, 6) is 0.572. The number of thiophene rings is 1. The lowest BCUT2D eigenvalue weighted by atomic mass is 10.2. The van der Waals surface area contributed by atoms with Gasteiger partial charge in [-0.1, -0.05) is 0 Å². The molecule has 3 aromatic heterocycles. The summed E-state index contributed by atoms with van der Waals surface area (Å²) in [4.78, 5) is 20.1. The Morgan fingerprint density at radius 1 is 1.43 bits per heavy atom. The number of fused-ring (bicyclic) bond motifs is 2. The molecule has 0 saturated heterocycles. The predicted octanol–water partition coefficient (Wildman–Crippen LogP) is 2.61. The molecule has 4 rings (SSSR count). The van der Waals surface area contributed by atoms with E-state index in [9.17, 15) is 4.79 Å². The second-order valence-corrected chi connectivity index (χ2v) is 6.13. The Kier molecular flexibility index (Phi) is 2.78. The molecular weight excluding hydrogens is 284 g/mol. The summed E-state index contributed by atoms with van der Waals surface area (Å²) < 4.78 is 2.04. The monoisotopic (exact) mass is 298 g/mol. The van der Waals surface area contributed by atoms with Gasteiger partial charge >= 0.3 is 0 Å². The van der Waals surface area contributed by atoms with Gasteiger partial charge in [-0.15, -0.1) is 11.3 Å². The quantitative estimate of drug-likeness (QED) is 0.791. The van der Waals surface area contributed by atoms with Gasteiger partial charge in [-0.2, -0.15) is 5.10 Å². The molecule has 1 N–H and O–H groups in total. The number of nitrogens with zero attached hydrogens (tertiary/aromatic N) is 3. The summed E-state index contributed by atoms with van der Waals surface area (Å²) >= 11 is 1.50. The minimum Gasteiger partial charge on any atom is -0.306 e. The lowest BCUT2D eigenvalue weighted by Crippen LogP contribution is -2.09. The van der Waals surface area contributed by atoms with Crippen LogP contribution in [0, 0.1) is 6.92 Å². The van der Waals surface area contributed by atoms with E-state index in [4.69, 9.17) is 0 Å². The normalized spacial score (nSPS) is 14.3. The van der Waals surface area contributed by atoms with Crippen molar-refractivity contribution in [2.75, 3.05) is 0 Å². The van der Waals surface area contributed by atoms with Crippen molar-refractivity contribution >= 4 is 33.7 Å². The molecule has 1 aliphatic rings. The van der Waals surface area contributed by atoms with Gasteiger partial charge in [0, 0.05) is 12.2 Å². The van der Waals surface area contributed by atoms with Gasteiger partial charge in [0.2, 0.25) is 0 Å². The van der Waals surface area contributed by atoms with Gasteiger partial charge in [-0.25, -0.2) is 4.98 Å². The average molecular weight is 298 g/mol. The molecule has 0 saturated carbocycles. The van der Waals surface area contributed by atoms with Crippen molar-refractivity contribution in [2.45, 2.75) is 26.3 Å². The van der Waals surface area contributed by atoms with E-state index in [2.05, 4.69) is 21.1 Å². The summed E-state index contributed by atoms with van der Waals surface area (Å²) in [5, 5.41) is 7.16. The first-order valence-electron chi connectivity index (χ1n) is 6.93. The Morgan fingerprint density at radius 2 is 2.33 bits per heavy atom. The van der Waals surface area contributed by atoms with Crippen molar-refractivity contribution in [1.29, 1.82) is 0 Å². The number of aryl methyl sites for hydroxylation is 3. The van der Waals surface area contributed by atoms with Gasteiger partial charge in [0.1, 0.15) is 10.7 Å². The molecule has 1 aliphatic heterocycles. The molecule has 6 heteroatoms. The van der Waals surface area contributed by atoms with Gasteiger partial charge in [0.15, 0.2) is 0 Å². The Hall–Kier alpha value is -2.21. The van der Waals surface area contributed by atoms with Gasteiger partial charge < -0.3 is 4.98 Å². The molecule has 0 fully saturated rings. The number of rotatable bonds is 2. The maximum absolute atomic E-state index is 12.1. The molecule has 0 spiro atoms. The summed E-state index contributed by atoms with van der Waals surface area (Å²) in [6.45, 7) is 2.93. The van der Waals surface area contributed by atoms with Crippen molar-refractivity contribution in [1.82, 2.24) is 19.7 Å². The minimum atomic E-state index is -0.0780. The van der Waals surface area contributed by atoms with E-state index in [0.29, 0.717) is 11.2 Å². The zero-order valence-corrected chi connectivity index (χ0v) is 12.4. The zero-order valence-electron chi connectivity index (χ0n) is 11.6. The van der Waals surface area contributed by atoms with Gasteiger partial charge in [-0.05, 0) is 48.9 Å². The van der Waals surface area contributed by atoms with Crippen LogP contribution in [-0.4, -0.2) is 19.7 Å². The number of nitrogens with one attached hydrogen (secondary N) is 1. The Morgan fingerprint density at radius 3 is 3.19 bits per heavy atom. The lowest BCUT2D eigenvalue weighted by molar-refractivity contribution is 0.655. The summed E-state index contributed by atoms with van der Waals surface area (Å²) in [6.07, 6.45) is 5.98. The first kappa shape index (κ1) is 12.5.